The zero-order chi connectivity index (χ0) is 27.9. The Balaban J connectivity index is 1.28. The average molecular weight is 536 g/mol. The molecule has 7 heteroatoms. The second-order valence-corrected chi connectivity index (χ2v) is 13.5. The smallest absolute Gasteiger partial charge is 0.403 e. The number of rotatable bonds is 7. The van der Waals surface area contributed by atoms with Gasteiger partial charge in [-0.1, -0.05) is 48.8 Å². The summed E-state index contributed by atoms with van der Waals surface area (Å²) < 4.78 is 13.3. The van der Waals surface area contributed by atoms with Crippen molar-refractivity contribution in [2.24, 2.45) is 11.7 Å². The number of nitrogens with zero attached hydrogens (tertiary/aromatic N) is 1. The van der Waals surface area contributed by atoms with Gasteiger partial charge < -0.3 is 25.3 Å². The molecule has 39 heavy (non-hydrogen) atoms. The molecule has 1 aromatic rings. The zero-order valence-corrected chi connectivity index (χ0v) is 25.1. The van der Waals surface area contributed by atoms with Crippen molar-refractivity contribution in [3.8, 4) is 0 Å². The highest BCUT2D eigenvalue weighted by molar-refractivity contribution is 6.48. The van der Waals surface area contributed by atoms with Crippen LogP contribution in [0, 0.1) is 5.92 Å². The number of benzene rings is 1. The molecule has 0 saturated carbocycles. The highest BCUT2D eigenvalue weighted by Crippen LogP contribution is 2.52. The molecule has 1 amide bonds. The van der Waals surface area contributed by atoms with Crippen molar-refractivity contribution < 1.29 is 14.1 Å². The molecule has 4 unspecified atom stereocenters. The summed E-state index contributed by atoms with van der Waals surface area (Å²) in [6.07, 6.45) is 7.43. The molecule has 3 aliphatic heterocycles. The first-order chi connectivity index (χ1) is 18.5. The fourth-order valence-electron chi connectivity index (χ4n) is 7.41. The van der Waals surface area contributed by atoms with Crippen LogP contribution in [0.5, 0.6) is 0 Å². The Kier molecular flexibility index (Phi) is 8.37. The van der Waals surface area contributed by atoms with E-state index in [0.29, 0.717) is 24.4 Å². The number of unbranched alkanes of at least 4 members (excludes halogenated alkanes) is 1. The van der Waals surface area contributed by atoms with Gasteiger partial charge >= 0.3 is 7.12 Å². The third-order valence-electron chi connectivity index (χ3n) is 10.6. The topological polar surface area (TPSA) is 76.8 Å². The lowest BCUT2D eigenvalue weighted by Gasteiger charge is -2.37. The number of nitrogens with one attached hydrogen (secondary N) is 1. The van der Waals surface area contributed by atoms with E-state index in [9.17, 15) is 4.79 Å². The van der Waals surface area contributed by atoms with Crippen LogP contribution in [0.1, 0.15) is 104 Å². The molecule has 6 nitrogen and oxygen atoms in total. The molecule has 0 bridgehead atoms. The Morgan fingerprint density at radius 2 is 1.85 bits per heavy atom. The van der Waals surface area contributed by atoms with Gasteiger partial charge in [-0.25, -0.2) is 0 Å². The van der Waals surface area contributed by atoms with Gasteiger partial charge in [0.2, 0.25) is 5.91 Å². The van der Waals surface area contributed by atoms with Crippen molar-refractivity contribution >= 4 is 13.0 Å². The first-order valence-electron chi connectivity index (χ1n) is 15.4. The number of fused-ring (bicyclic) bond motifs is 1. The SMILES string of the molecule is CCCCC1=C(C)C(B2OC(C)(C)C(C)(C)O2)C2CC(C(=O)N3CCC(c4cccc(CN)c4)CC3)NC2C1. The highest BCUT2D eigenvalue weighted by Gasteiger charge is 2.58. The monoisotopic (exact) mass is 535 g/mol. The molecule has 4 aliphatic rings. The van der Waals surface area contributed by atoms with E-state index in [1.54, 1.807) is 5.57 Å². The van der Waals surface area contributed by atoms with Crippen molar-refractivity contribution in [1.29, 1.82) is 0 Å². The van der Waals surface area contributed by atoms with E-state index in [0.717, 1.165) is 45.2 Å². The van der Waals surface area contributed by atoms with E-state index >= 15 is 0 Å². The van der Waals surface area contributed by atoms with Crippen LogP contribution in [0.2, 0.25) is 5.82 Å². The number of carbonyl (C=O) groups is 1. The normalized spacial score (nSPS) is 30.6. The molecule has 1 aromatic carbocycles. The Morgan fingerprint density at radius 3 is 2.49 bits per heavy atom. The fraction of sp³-hybridized carbons (Fsp3) is 0.719. The van der Waals surface area contributed by atoms with E-state index in [1.165, 1.54) is 29.5 Å². The first kappa shape index (κ1) is 28.8. The number of amides is 1. The lowest BCUT2D eigenvalue weighted by atomic mass is 9.55. The van der Waals surface area contributed by atoms with Crippen molar-refractivity contribution in [2.45, 2.75) is 128 Å². The molecular weight excluding hydrogens is 485 g/mol. The van der Waals surface area contributed by atoms with Crippen LogP contribution < -0.4 is 11.1 Å². The minimum atomic E-state index is -0.357. The summed E-state index contributed by atoms with van der Waals surface area (Å²) in [5, 5.41) is 3.82. The summed E-state index contributed by atoms with van der Waals surface area (Å²) in [5.74, 6) is 1.30. The number of likely N-dealkylation sites (tertiary alicyclic amines) is 1. The molecule has 0 radical (unpaired) electrons. The molecule has 3 heterocycles. The lowest BCUT2D eigenvalue weighted by molar-refractivity contribution is -0.134. The standard InChI is InChI=1S/C32H50BN3O3/c1-7-8-11-24-18-27-26(29(21(24)2)33-38-31(3,4)32(5,6)39-33)19-28(35-27)30(37)36-15-13-23(14-16-36)25-12-9-10-22(17-25)20-34/h9-10,12,17,23,26-29,35H,7-8,11,13-16,18-20,34H2,1-6H3. The van der Waals surface area contributed by atoms with Crippen LogP contribution in [0.25, 0.3) is 0 Å². The van der Waals surface area contributed by atoms with Gasteiger partial charge in [0.25, 0.3) is 0 Å². The van der Waals surface area contributed by atoms with E-state index in [-0.39, 0.29) is 36.1 Å². The van der Waals surface area contributed by atoms with Crippen molar-refractivity contribution in [3.63, 3.8) is 0 Å². The molecule has 214 valence electrons. The fourth-order valence-corrected chi connectivity index (χ4v) is 7.41. The summed E-state index contributed by atoms with van der Waals surface area (Å²) in [6, 6.07) is 8.84. The maximum Gasteiger partial charge on any atom is 0.465 e. The Labute approximate surface area is 236 Å². The third kappa shape index (κ3) is 5.62. The molecule has 3 saturated heterocycles. The van der Waals surface area contributed by atoms with Gasteiger partial charge in [-0.05, 0) is 96.1 Å². The van der Waals surface area contributed by atoms with Crippen molar-refractivity contribution in [1.82, 2.24) is 10.2 Å². The molecule has 0 spiro atoms. The number of allylic oxidation sites excluding steroid dienone is 1. The number of hydrogen-bond acceptors (Lipinski definition) is 5. The predicted octanol–water partition coefficient (Wildman–Crippen LogP) is 5.57. The van der Waals surface area contributed by atoms with Gasteiger partial charge in [0, 0.05) is 31.5 Å². The predicted molar refractivity (Wildman–Crippen MR) is 158 cm³/mol. The third-order valence-corrected chi connectivity index (χ3v) is 10.6. The summed E-state index contributed by atoms with van der Waals surface area (Å²) in [4.78, 5) is 15.9. The number of hydrogen-bond donors (Lipinski definition) is 2. The van der Waals surface area contributed by atoms with Crippen LogP contribution in [0.3, 0.4) is 0 Å². The molecule has 0 aromatic heterocycles. The minimum absolute atomic E-state index is 0.125. The lowest BCUT2D eigenvalue weighted by Crippen LogP contribution is -2.48. The Morgan fingerprint density at radius 1 is 1.15 bits per heavy atom. The maximum atomic E-state index is 13.8. The van der Waals surface area contributed by atoms with E-state index in [2.05, 4.69) is 76.0 Å². The zero-order valence-electron chi connectivity index (χ0n) is 25.1. The Bertz CT molecular complexity index is 1060. The van der Waals surface area contributed by atoms with E-state index in [4.69, 9.17) is 15.0 Å². The number of carbonyl (C=O) groups excluding carboxylic acids is 1. The number of piperidine rings is 1. The van der Waals surface area contributed by atoms with Crippen LogP contribution in [-0.2, 0) is 20.6 Å². The molecular formula is C32H50BN3O3. The Hall–Kier alpha value is -1.67. The quantitative estimate of drug-likeness (QED) is 0.353. The van der Waals surface area contributed by atoms with Crippen LogP contribution in [0.4, 0.5) is 0 Å². The second kappa shape index (κ2) is 11.3. The van der Waals surface area contributed by atoms with E-state index < -0.39 is 0 Å². The largest absolute Gasteiger partial charge is 0.465 e. The van der Waals surface area contributed by atoms with Crippen molar-refractivity contribution in [2.75, 3.05) is 13.1 Å². The number of nitrogens with two attached hydrogens (primary N) is 1. The molecule has 4 atom stereocenters. The van der Waals surface area contributed by atoms with E-state index in [1.807, 2.05) is 0 Å². The van der Waals surface area contributed by atoms with Gasteiger partial charge in [0.15, 0.2) is 0 Å². The van der Waals surface area contributed by atoms with Gasteiger partial charge in [0.1, 0.15) is 0 Å². The van der Waals surface area contributed by atoms with Gasteiger partial charge in [0.05, 0.1) is 17.2 Å². The minimum Gasteiger partial charge on any atom is -0.403 e. The molecule has 5 rings (SSSR count). The first-order valence-corrected chi connectivity index (χ1v) is 15.4. The summed E-state index contributed by atoms with van der Waals surface area (Å²) in [5.41, 5.74) is 10.7. The maximum absolute atomic E-state index is 13.8. The summed E-state index contributed by atoms with van der Waals surface area (Å²) in [7, 11) is -0.268. The molecule has 3 N–H and O–H groups in total. The van der Waals surface area contributed by atoms with Crippen LogP contribution in [-0.4, -0.2) is 54.3 Å². The molecule has 1 aliphatic carbocycles. The average Bonchev–Trinajstić information content (AvgIpc) is 3.43. The summed E-state index contributed by atoms with van der Waals surface area (Å²) in [6.45, 7) is 15.3. The van der Waals surface area contributed by atoms with Gasteiger partial charge in [-0.3, -0.25) is 4.79 Å². The van der Waals surface area contributed by atoms with Gasteiger partial charge in [-0.2, -0.15) is 0 Å². The van der Waals surface area contributed by atoms with Crippen LogP contribution in [0.15, 0.2) is 35.4 Å². The van der Waals surface area contributed by atoms with Crippen molar-refractivity contribution in [3.05, 3.63) is 46.5 Å². The van der Waals surface area contributed by atoms with Gasteiger partial charge in [-0.15, -0.1) is 0 Å². The highest BCUT2D eigenvalue weighted by atomic mass is 16.7. The molecule has 3 fully saturated rings. The second-order valence-electron chi connectivity index (χ2n) is 13.5. The summed E-state index contributed by atoms with van der Waals surface area (Å²) >= 11 is 0. The van der Waals surface area contributed by atoms with Crippen LogP contribution >= 0.6 is 0 Å².